The van der Waals surface area contributed by atoms with E-state index in [1.807, 2.05) is 0 Å². The van der Waals surface area contributed by atoms with Gasteiger partial charge in [-0.1, -0.05) is 0 Å². The summed E-state index contributed by atoms with van der Waals surface area (Å²) in [6, 6.07) is 8.49. The van der Waals surface area contributed by atoms with Crippen molar-refractivity contribution >= 4 is 0 Å². The minimum Gasteiger partial charge on any atom is -0.454 e. The van der Waals surface area contributed by atoms with Crippen molar-refractivity contribution in [3.63, 3.8) is 0 Å². The van der Waals surface area contributed by atoms with Crippen LogP contribution in [-0.4, -0.2) is 6.79 Å². The minimum atomic E-state index is -4.40. The van der Waals surface area contributed by atoms with Gasteiger partial charge in [-0.2, -0.15) is 26.3 Å². The molecule has 216 valence electrons. The van der Waals surface area contributed by atoms with Crippen molar-refractivity contribution in [1.82, 2.24) is 0 Å². The van der Waals surface area contributed by atoms with E-state index >= 15 is 0 Å². The Morgan fingerprint density at radius 1 is 0.439 bits per heavy atom. The predicted octanol–water partition coefficient (Wildman–Crippen LogP) is 8.19. The second kappa shape index (κ2) is 11.5. The van der Waals surface area contributed by atoms with Crippen LogP contribution in [0.25, 0.3) is 0 Å². The molecule has 0 saturated heterocycles. The highest BCUT2D eigenvalue weighted by Crippen LogP contribution is 2.38. The molecule has 0 atom stereocenters. The highest BCUT2D eigenvalue weighted by molar-refractivity contribution is 5.35. The van der Waals surface area contributed by atoms with Crippen molar-refractivity contribution in [3.05, 3.63) is 119 Å². The molecule has 4 aromatic carbocycles. The molecule has 4 aromatic rings. The summed E-state index contributed by atoms with van der Waals surface area (Å²) in [5.41, 5.74) is -3.08. The summed E-state index contributed by atoms with van der Waals surface area (Å²) in [4.78, 5) is 0. The lowest BCUT2D eigenvalue weighted by molar-refractivity contribution is -0.188. The lowest BCUT2D eigenvalue weighted by Gasteiger charge is -2.20. The Hall–Kier alpha value is -4.62. The van der Waals surface area contributed by atoms with Crippen LogP contribution in [0, 0.1) is 34.9 Å². The molecule has 0 heterocycles. The van der Waals surface area contributed by atoms with Gasteiger partial charge in [-0.25, -0.2) is 17.6 Å². The van der Waals surface area contributed by atoms with Gasteiger partial charge in [0.05, 0.1) is 0 Å². The highest BCUT2D eigenvalue weighted by atomic mass is 19.3. The van der Waals surface area contributed by atoms with Crippen molar-refractivity contribution in [2.45, 2.75) is 12.2 Å². The molecule has 0 amide bonds. The molecule has 4 rings (SSSR count). The van der Waals surface area contributed by atoms with E-state index in [1.165, 1.54) is 0 Å². The molecule has 0 aliphatic rings. The lowest BCUT2D eigenvalue weighted by atomic mass is 10.1. The fraction of sp³-hybridized carbons (Fsp3) is 0.111. The second-order valence-electron chi connectivity index (χ2n) is 8.03. The van der Waals surface area contributed by atoms with Crippen LogP contribution in [0.3, 0.4) is 0 Å². The molecule has 41 heavy (non-hydrogen) atoms. The zero-order chi connectivity index (χ0) is 29.9. The van der Waals surface area contributed by atoms with Gasteiger partial charge in [0.2, 0.25) is 18.4 Å². The SMILES string of the molecule is Fc1ccc(OC(F)(F)c2ccc(OCOc3ccc(C(F)(F)Oc4ccc(F)cc4)c(F)c3F)c(F)c2F)cc1. The standard InChI is InChI=1S/C27H14F10O4/c28-14-1-5-16(6-2-14)40-26(34,35)18-9-11-20(24(32)22(18)30)38-13-39-21-12-10-19(23(31)25(21)33)27(36,37)41-17-7-3-15(29)4-8-17/h1-12H,13H2. The van der Waals surface area contributed by atoms with Crippen LogP contribution in [0.5, 0.6) is 23.0 Å². The van der Waals surface area contributed by atoms with Crippen LogP contribution < -0.4 is 18.9 Å². The van der Waals surface area contributed by atoms with Crippen molar-refractivity contribution in [3.8, 4) is 23.0 Å². The van der Waals surface area contributed by atoms with Gasteiger partial charge in [-0.15, -0.1) is 0 Å². The summed E-state index contributed by atoms with van der Waals surface area (Å²) in [5, 5.41) is 0. The minimum absolute atomic E-state index is 0.412. The van der Waals surface area contributed by atoms with Crippen LogP contribution in [-0.2, 0) is 12.2 Å². The number of benzene rings is 4. The Labute approximate surface area is 224 Å². The van der Waals surface area contributed by atoms with Gasteiger partial charge in [0.15, 0.2) is 23.1 Å². The van der Waals surface area contributed by atoms with Crippen molar-refractivity contribution in [1.29, 1.82) is 0 Å². The summed E-state index contributed by atoms with van der Waals surface area (Å²) in [6.45, 7) is -1.14. The Kier molecular flexibility index (Phi) is 8.22. The van der Waals surface area contributed by atoms with Gasteiger partial charge in [-0.3, -0.25) is 0 Å². The van der Waals surface area contributed by atoms with Crippen LogP contribution >= 0.6 is 0 Å². The first-order chi connectivity index (χ1) is 19.3. The Morgan fingerprint density at radius 2 is 0.780 bits per heavy atom. The largest absolute Gasteiger partial charge is 0.454 e. The van der Waals surface area contributed by atoms with E-state index < -0.39 is 88.0 Å². The molecule has 0 aliphatic heterocycles. The molecule has 0 unspecified atom stereocenters. The summed E-state index contributed by atoms with van der Waals surface area (Å²) in [5.74, 6) is -12.6. The maximum atomic E-state index is 14.4. The molecular formula is C27H14F10O4. The van der Waals surface area contributed by atoms with Gasteiger partial charge in [0.25, 0.3) is 0 Å². The third kappa shape index (κ3) is 6.58. The van der Waals surface area contributed by atoms with Crippen LogP contribution in [0.4, 0.5) is 43.9 Å². The predicted molar refractivity (Wildman–Crippen MR) is 121 cm³/mol. The number of hydrogen-bond acceptors (Lipinski definition) is 4. The second-order valence-corrected chi connectivity index (χ2v) is 8.03. The molecule has 0 bridgehead atoms. The highest BCUT2D eigenvalue weighted by Gasteiger charge is 2.41. The molecule has 0 aromatic heterocycles. The monoisotopic (exact) mass is 592 g/mol. The summed E-state index contributed by atoms with van der Waals surface area (Å²) in [6.07, 6.45) is -8.80. The first-order valence-electron chi connectivity index (χ1n) is 11.2. The van der Waals surface area contributed by atoms with E-state index in [9.17, 15) is 43.9 Å². The maximum absolute atomic E-state index is 14.4. The molecule has 0 spiro atoms. The number of halogens is 10. The van der Waals surface area contributed by atoms with Gasteiger partial charge >= 0.3 is 12.2 Å². The summed E-state index contributed by atoms with van der Waals surface area (Å²) in [7, 11) is 0. The van der Waals surface area contributed by atoms with Gasteiger partial charge in [0, 0.05) is 0 Å². The van der Waals surface area contributed by atoms with Crippen molar-refractivity contribution in [2.24, 2.45) is 0 Å². The average molecular weight is 592 g/mol. The third-order valence-electron chi connectivity index (χ3n) is 5.27. The van der Waals surface area contributed by atoms with Gasteiger partial charge in [-0.05, 0) is 72.8 Å². The molecule has 0 N–H and O–H groups in total. The van der Waals surface area contributed by atoms with E-state index in [0.717, 1.165) is 48.5 Å². The Bertz CT molecular complexity index is 1410. The van der Waals surface area contributed by atoms with E-state index in [2.05, 4.69) is 9.47 Å². The first kappa shape index (κ1) is 29.4. The van der Waals surface area contributed by atoms with Gasteiger partial charge < -0.3 is 18.9 Å². The van der Waals surface area contributed by atoms with Crippen LogP contribution in [0.1, 0.15) is 11.1 Å². The fourth-order valence-corrected chi connectivity index (χ4v) is 3.30. The smallest absolute Gasteiger partial charge is 0.429 e. The van der Waals surface area contributed by atoms with E-state index in [1.54, 1.807) is 0 Å². The number of hydrogen-bond donors (Lipinski definition) is 0. The van der Waals surface area contributed by atoms with E-state index in [-0.39, 0.29) is 0 Å². The Morgan fingerprint density at radius 3 is 1.12 bits per heavy atom. The van der Waals surface area contributed by atoms with Crippen LogP contribution in [0.2, 0.25) is 0 Å². The Balaban J connectivity index is 1.43. The number of ether oxygens (including phenoxy) is 4. The number of alkyl halides is 4. The molecule has 14 heteroatoms. The third-order valence-corrected chi connectivity index (χ3v) is 5.27. The topological polar surface area (TPSA) is 36.9 Å². The summed E-state index contributed by atoms with van der Waals surface area (Å²) < 4.78 is 159. The average Bonchev–Trinajstić information content (AvgIpc) is 2.91. The fourth-order valence-electron chi connectivity index (χ4n) is 3.30. The molecule has 0 fully saturated rings. The quantitative estimate of drug-likeness (QED) is 0.138. The van der Waals surface area contributed by atoms with Crippen molar-refractivity contribution < 1.29 is 62.9 Å². The van der Waals surface area contributed by atoms with Gasteiger partial charge in [0.1, 0.15) is 34.3 Å². The molecule has 0 aliphatic carbocycles. The first-order valence-corrected chi connectivity index (χ1v) is 11.2. The van der Waals surface area contributed by atoms with Crippen molar-refractivity contribution in [2.75, 3.05) is 6.79 Å². The zero-order valence-corrected chi connectivity index (χ0v) is 20.0. The summed E-state index contributed by atoms with van der Waals surface area (Å²) >= 11 is 0. The van der Waals surface area contributed by atoms with Crippen LogP contribution in [0.15, 0.2) is 72.8 Å². The molecular weight excluding hydrogens is 578 g/mol. The zero-order valence-electron chi connectivity index (χ0n) is 20.0. The number of rotatable bonds is 10. The lowest BCUT2D eigenvalue weighted by Crippen LogP contribution is -2.24. The van der Waals surface area contributed by atoms with E-state index in [0.29, 0.717) is 24.3 Å². The molecule has 0 saturated carbocycles. The molecule has 4 nitrogen and oxygen atoms in total. The normalized spacial score (nSPS) is 11.8. The van der Waals surface area contributed by atoms with E-state index in [4.69, 9.17) is 9.47 Å². The molecule has 0 radical (unpaired) electrons. The maximum Gasteiger partial charge on any atom is 0.429 e.